The van der Waals surface area contributed by atoms with Crippen molar-refractivity contribution in [3.8, 4) is 11.5 Å². The van der Waals surface area contributed by atoms with E-state index < -0.39 is 0 Å². The van der Waals surface area contributed by atoms with Gasteiger partial charge >= 0.3 is 0 Å². The van der Waals surface area contributed by atoms with Crippen LogP contribution in [-0.4, -0.2) is 46.7 Å². The van der Waals surface area contributed by atoms with Crippen molar-refractivity contribution in [2.45, 2.75) is 12.6 Å². The Labute approximate surface area is 113 Å². The summed E-state index contributed by atoms with van der Waals surface area (Å²) in [6.07, 6.45) is 0.130. The SMILES string of the molecule is COc1cccc(CNCC2COCCO2)c1OC. The Kier molecular flexibility index (Phi) is 5.44. The maximum absolute atomic E-state index is 5.57. The van der Waals surface area contributed by atoms with Gasteiger partial charge in [-0.1, -0.05) is 12.1 Å². The molecule has 1 heterocycles. The van der Waals surface area contributed by atoms with E-state index in [1.807, 2.05) is 18.2 Å². The molecule has 0 saturated carbocycles. The third-order valence-corrected chi connectivity index (χ3v) is 3.06. The van der Waals surface area contributed by atoms with Crippen molar-refractivity contribution in [3.63, 3.8) is 0 Å². The quantitative estimate of drug-likeness (QED) is 0.839. The topological polar surface area (TPSA) is 49.0 Å². The Bertz CT molecular complexity index is 391. The summed E-state index contributed by atoms with van der Waals surface area (Å²) in [4.78, 5) is 0. The van der Waals surface area contributed by atoms with Crippen LogP contribution in [0, 0.1) is 0 Å². The fourth-order valence-corrected chi connectivity index (χ4v) is 2.12. The Balaban J connectivity index is 1.88. The van der Waals surface area contributed by atoms with Crippen molar-refractivity contribution in [2.75, 3.05) is 40.6 Å². The molecule has 19 heavy (non-hydrogen) atoms. The van der Waals surface area contributed by atoms with Crippen LogP contribution in [-0.2, 0) is 16.0 Å². The number of hydrogen-bond donors (Lipinski definition) is 1. The predicted molar refractivity (Wildman–Crippen MR) is 71.8 cm³/mol. The largest absolute Gasteiger partial charge is 0.493 e. The second kappa shape index (κ2) is 7.33. The zero-order chi connectivity index (χ0) is 13.5. The van der Waals surface area contributed by atoms with Gasteiger partial charge in [0.05, 0.1) is 40.1 Å². The number of rotatable bonds is 6. The summed E-state index contributed by atoms with van der Waals surface area (Å²) in [6, 6.07) is 5.87. The molecule has 0 bridgehead atoms. The van der Waals surface area contributed by atoms with Crippen LogP contribution in [0.1, 0.15) is 5.56 Å². The van der Waals surface area contributed by atoms with E-state index in [2.05, 4.69) is 5.32 Å². The third kappa shape index (κ3) is 3.83. The second-order valence-electron chi connectivity index (χ2n) is 4.35. The van der Waals surface area contributed by atoms with Crippen LogP contribution < -0.4 is 14.8 Å². The molecular weight excluding hydrogens is 246 g/mol. The van der Waals surface area contributed by atoms with E-state index in [1.165, 1.54) is 0 Å². The van der Waals surface area contributed by atoms with Crippen molar-refractivity contribution >= 4 is 0 Å². The van der Waals surface area contributed by atoms with Crippen LogP contribution in [0.5, 0.6) is 11.5 Å². The summed E-state index contributed by atoms with van der Waals surface area (Å²) >= 11 is 0. The maximum Gasteiger partial charge on any atom is 0.165 e. The summed E-state index contributed by atoms with van der Waals surface area (Å²) in [5.41, 5.74) is 1.07. The van der Waals surface area contributed by atoms with Crippen molar-refractivity contribution in [3.05, 3.63) is 23.8 Å². The predicted octanol–water partition coefficient (Wildman–Crippen LogP) is 1.21. The van der Waals surface area contributed by atoms with Crippen LogP contribution in [0.3, 0.4) is 0 Å². The molecular formula is C14H21NO4. The van der Waals surface area contributed by atoms with Crippen LogP contribution >= 0.6 is 0 Å². The van der Waals surface area contributed by atoms with Gasteiger partial charge in [-0.05, 0) is 6.07 Å². The molecule has 0 amide bonds. The molecule has 1 aliphatic heterocycles. The first-order valence-corrected chi connectivity index (χ1v) is 6.45. The summed E-state index contributed by atoms with van der Waals surface area (Å²) in [5, 5.41) is 3.36. The van der Waals surface area contributed by atoms with E-state index in [9.17, 15) is 0 Å². The summed E-state index contributed by atoms with van der Waals surface area (Å²) in [5.74, 6) is 1.53. The highest BCUT2D eigenvalue weighted by Gasteiger charge is 2.14. The minimum Gasteiger partial charge on any atom is -0.493 e. The van der Waals surface area contributed by atoms with Gasteiger partial charge in [0.1, 0.15) is 0 Å². The summed E-state index contributed by atoms with van der Waals surface area (Å²) in [7, 11) is 3.29. The average Bonchev–Trinajstić information content (AvgIpc) is 2.48. The Morgan fingerprint density at radius 1 is 1.26 bits per heavy atom. The lowest BCUT2D eigenvalue weighted by Gasteiger charge is -2.23. The second-order valence-corrected chi connectivity index (χ2v) is 4.35. The number of benzene rings is 1. The minimum absolute atomic E-state index is 0.130. The molecule has 1 saturated heterocycles. The van der Waals surface area contributed by atoms with Gasteiger partial charge in [-0.3, -0.25) is 0 Å². The van der Waals surface area contributed by atoms with Crippen LogP contribution in [0.15, 0.2) is 18.2 Å². The standard InChI is InChI=1S/C14H21NO4/c1-16-13-5-3-4-11(14(13)17-2)8-15-9-12-10-18-6-7-19-12/h3-5,12,15H,6-10H2,1-2H3. The fourth-order valence-electron chi connectivity index (χ4n) is 2.12. The molecule has 1 atom stereocenters. The smallest absolute Gasteiger partial charge is 0.165 e. The van der Waals surface area contributed by atoms with Gasteiger partial charge in [-0.15, -0.1) is 0 Å². The van der Waals surface area contributed by atoms with Crippen molar-refractivity contribution in [1.29, 1.82) is 0 Å². The fraction of sp³-hybridized carbons (Fsp3) is 0.571. The average molecular weight is 267 g/mol. The van der Waals surface area contributed by atoms with Gasteiger partial charge < -0.3 is 24.3 Å². The van der Waals surface area contributed by atoms with Crippen molar-refractivity contribution in [1.82, 2.24) is 5.32 Å². The monoisotopic (exact) mass is 267 g/mol. The Morgan fingerprint density at radius 2 is 2.16 bits per heavy atom. The molecule has 1 aromatic carbocycles. The number of para-hydroxylation sites is 1. The summed E-state index contributed by atoms with van der Waals surface area (Å²) < 4.78 is 21.6. The highest BCUT2D eigenvalue weighted by Crippen LogP contribution is 2.30. The molecule has 0 aromatic heterocycles. The van der Waals surface area contributed by atoms with E-state index >= 15 is 0 Å². The molecule has 1 N–H and O–H groups in total. The van der Waals surface area contributed by atoms with Crippen LogP contribution in [0.2, 0.25) is 0 Å². The lowest BCUT2D eigenvalue weighted by Crippen LogP contribution is -2.37. The Hall–Kier alpha value is -1.30. The molecule has 5 nitrogen and oxygen atoms in total. The molecule has 0 spiro atoms. The minimum atomic E-state index is 0.130. The van der Waals surface area contributed by atoms with E-state index in [0.29, 0.717) is 26.4 Å². The highest BCUT2D eigenvalue weighted by atomic mass is 16.6. The zero-order valence-electron chi connectivity index (χ0n) is 11.5. The first-order valence-electron chi connectivity index (χ1n) is 6.45. The highest BCUT2D eigenvalue weighted by molar-refractivity contribution is 5.46. The zero-order valence-corrected chi connectivity index (χ0v) is 11.5. The van der Waals surface area contributed by atoms with E-state index in [4.69, 9.17) is 18.9 Å². The number of ether oxygens (including phenoxy) is 4. The molecule has 0 radical (unpaired) electrons. The Morgan fingerprint density at radius 3 is 2.84 bits per heavy atom. The molecule has 0 aliphatic carbocycles. The van der Waals surface area contributed by atoms with E-state index in [0.717, 1.165) is 23.6 Å². The molecule has 106 valence electrons. The molecule has 2 rings (SSSR count). The molecule has 1 unspecified atom stereocenters. The summed E-state index contributed by atoms with van der Waals surface area (Å²) in [6.45, 7) is 3.50. The molecule has 1 aliphatic rings. The first kappa shape index (κ1) is 14.1. The van der Waals surface area contributed by atoms with E-state index in [-0.39, 0.29) is 6.10 Å². The normalized spacial score (nSPS) is 19.2. The molecule has 1 aromatic rings. The molecule has 5 heteroatoms. The van der Waals surface area contributed by atoms with Gasteiger partial charge in [0.2, 0.25) is 0 Å². The van der Waals surface area contributed by atoms with Gasteiger partial charge in [0.15, 0.2) is 11.5 Å². The third-order valence-electron chi connectivity index (χ3n) is 3.06. The maximum atomic E-state index is 5.57. The lowest BCUT2D eigenvalue weighted by molar-refractivity contribution is -0.0864. The lowest BCUT2D eigenvalue weighted by atomic mass is 10.2. The van der Waals surface area contributed by atoms with Gasteiger partial charge in [-0.25, -0.2) is 0 Å². The van der Waals surface area contributed by atoms with Gasteiger partial charge in [0, 0.05) is 18.7 Å². The van der Waals surface area contributed by atoms with Crippen LogP contribution in [0.25, 0.3) is 0 Å². The van der Waals surface area contributed by atoms with Crippen molar-refractivity contribution < 1.29 is 18.9 Å². The van der Waals surface area contributed by atoms with Gasteiger partial charge in [-0.2, -0.15) is 0 Å². The number of methoxy groups -OCH3 is 2. The first-order chi connectivity index (χ1) is 9.35. The molecule has 1 fully saturated rings. The van der Waals surface area contributed by atoms with Crippen molar-refractivity contribution in [2.24, 2.45) is 0 Å². The van der Waals surface area contributed by atoms with E-state index in [1.54, 1.807) is 14.2 Å². The van der Waals surface area contributed by atoms with Gasteiger partial charge in [0.25, 0.3) is 0 Å². The van der Waals surface area contributed by atoms with Crippen LogP contribution in [0.4, 0.5) is 0 Å². The number of nitrogens with one attached hydrogen (secondary N) is 1. The number of hydrogen-bond acceptors (Lipinski definition) is 5.